The Balaban J connectivity index is 1.70. The van der Waals surface area contributed by atoms with Gasteiger partial charge in [-0.05, 0) is 68.4 Å². The average Bonchev–Trinajstić information content (AvgIpc) is 3.24. The molecular formula is C30H36N4O4S2. The molecular weight excluding hydrogens is 544 g/mol. The number of nitrogens with zero attached hydrogens (tertiary/aromatic N) is 4. The Labute approximate surface area is 245 Å². The maximum absolute atomic E-state index is 13.6. The molecule has 0 radical (unpaired) electrons. The van der Waals surface area contributed by atoms with Crippen molar-refractivity contribution in [2.75, 3.05) is 38.8 Å². The molecule has 0 aliphatic carbocycles. The van der Waals surface area contributed by atoms with E-state index < -0.39 is 0 Å². The van der Waals surface area contributed by atoms with Gasteiger partial charge in [0, 0.05) is 31.7 Å². The predicted molar refractivity (Wildman–Crippen MR) is 164 cm³/mol. The number of hydrogen-bond acceptors (Lipinski definition) is 8. The van der Waals surface area contributed by atoms with Gasteiger partial charge in [0.25, 0.3) is 11.5 Å². The number of aromatic nitrogens is 1. The fourth-order valence-electron chi connectivity index (χ4n) is 5.22. The maximum atomic E-state index is 13.6. The van der Waals surface area contributed by atoms with Crippen molar-refractivity contribution in [3.63, 3.8) is 0 Å². The van der Waals surface area contributed by atoms with Crippen molar-refractivity contribution in [3.05, 3.63) is 55.7 Å². The summed E-state index contributed by atoms with van der Waals surface area (Å²) in [5, 5.41) is 9.90. The first kappa shape index (κ1) is 29.7. The van der Waals surface area contributed by atoms with Crippen LogP contribution in [0.25, 0.3) is 6.08 Å². The highest BCUT2D eigenvalue weighted by Crippen LogP contribution is 2.37. The van der Waals surface area contributed by atoms with Gasteiger partial charge in [0.05, 0.1) is 19.1 Å². The zero-order valence-corrected chi connectivity index (χ0v) is 25.3. The topological polar surface area (TPSA) is 87.8 Å². The molecule has 10 heteroatoms. The summed E-state index contributed by atoms with van der Waals surface area (Å²) in [4.78, 5) is 31.4. The van der Waals surface area contributed by atoms with Crippen molar-refractivity contribution in [2.45, 2.75) is 58.9 Å². The van der Waals surface area contributed by atoms with E-state index in [-0.39, 0.29) is 17.0 Å². The van der Waals surface area contributed by atoms with Gasteiger partial charge in [0.15, 0.2) is 11.5 Å². The Kier molecular flexibility index (Phi) is 9.93. The Bertz CT molecular complexity index is 1420. The highest BCUT2D eigenvalue weighted by molar-refractivity contribution is 8.26. The third kappa shape index (κ3) is 6.06. The molecule has 3 heterocycles. The first-order chi connectivity index (χ1) is 19.3. The van der Waals surface area contributed by atoms with Gasteiger partial charge in [-0.25, -0.2) is 0 Å². The minimum Gasteiger partial charge on any atom is -0.493 e. The van der Waals surface area contributed by atoms with Crippen LogP contribution in [0.2, 0.25) is 0 Å². The van der Waals surface area contributed by atoms with Crippen molar-refractivity contribution in [3.8, 4) is 17.6 Å². The molecule has 0 atom stereocenters. The van der Waals surface area contributed by atoms with Crippen LogP contribution in [0, 0.1) is 18.3 Å². The van der Waals surface area contributed by atoms with Crippen molar-refractivity contribution in [1.29, 1.82) is 5.26 Å². The van der Waals surface area contributed by atoms with Gasteiger partial charge in [0.2, 0.25) is 0 Å². The van der Waals surface area contributed by atoms with E-state index in [0.29, 0.717) is 45.8 Å². The number of carbonyl (C=O) groups is 1. The average molecular weight is 581 g/mol. The number of ether oxygens (including phenoxy) is 2. The van der Waals surface area contributed by atoms with Gasteiger partial charge in [0.1, 0.15) is 21.8 Å². The summed E-state index contributed by atoms with van der Waals surface area (Å²) in [6.07, 6.45) is 7.43. The number of anilines is 1. The fraction of sp³-hybridized carbons (Fsp3) is 0.467. The summed E-state index contributed by atoms with van der Waals surface area (Å²) in [5.74, 6) is 1.93. The number of thiocarbonyl (C=S) groups is 1. The monoisotopic (exact) mass is 580 g/mol. The zero-order chi connectivity index (χ0) is 28.8. The number of piperidine rings is 1. The molecule has 8 nitrogen and oxygen atoms in total. The lowest BCUT2D eigenvalue weighted by atomic mass is 10.0. The van der Waals surface area contributed by atoms with E-state index in [1.54, 1.807) is 30.6 Å². The number of nitriles is 1. The summed E-state index contributed by atoms with van der Waals surface area (Å²) in [6, 6.07) is 7.84. The molecule has 2 aliphatic rings. The zero-order valence-electron chi connectivity index (χ0n) is 23.6. The Morgan fingerprint density at radius 1 is 1.10 bits per heavy atom. The first-order valence-corrected chi connectivity index (χ1v) is 15.0. The van der Waals surface area contributed by atoms with Crippen LogP contribution in [-0.4, -0.2) is 53.5 Å². The van der Waals surface area contributed by atoms with E-state index in [0.717, 1.165) is 62.1 Å². The molecule has 0 bridgehead atoms. The lowest BCUT2D eigenvalue weighted by molar-refractivity contribution is -0.122. The normalized spacial score (nSPS) is 16.5. The molecule has 2 fully saturated rings. The van der Waals surface area contributed by atoms with Gasteiger partial charge in [-0.15, -0.1) is 0 Å². The molecule has 212 valence electrons. The lowest BCUT2D eigenvalue weighted by Crippen LogP contribution is -2.37. The molecule has 2 aromatic rings. The molecule has 2 saturated heterocycles. The number of unbranched alkanes of at least 4 members (excludes halogenated alkanes) is 1. The summed E-state index contributed by atoms with van der Waals surface area (Å²) >= 11 is 6.89. The van der Waals surface area contributed by atoms with Gasteiger partial charge < -0.3 is 14.4 Å². The first-order valence-electron chi connectivity index (χ1n) is 13.7. The van der Waals surface area contributed by atoms with E-state index in [4.69, 9.17) is 21.7 Å². The summed E-state index contributed by atoms with van der Waals surface area (Å²) in [7, 11) is 3.19. The van der Waals surface area contributed by atoms with Crippen LogP contribution in [0.1, 0.15) is 61.3 Å². The van der Waals surface area contributed by atoms with Gasteiger partial charge in [-0.2, -0.15) is 5.26 Å². The van der Waals surface area contributed by atoms with Crippen LogP contribution in [-0.2, 0) is 17.8 Å². The Morgan fingerprint density at radius 3 is 2.48 bits per heavy atom. The van der Waals surface area contributed by atoms with Crippen LogP contribution in [0.4, 0.5) is 5.82 Å². The SMILES string of the molecule is CCCCn1c(N2CCCCC2)c(C=C2SC(=S)N(CCc3ccc(OC)c(OC)c3)C2=O)c(C)c(C#N)c1=O. The third-order valence-electron chi connectivity index (χ3n) is 7.46. The number of rotatable bonds is 10. The second kappa shape index (κ2) is 13.4. The number of benzene rings is 1. The highest BCUT2D eigenvalue weighted by atomic mass is 32.2. The van der Waals surface area contributed by atoms with E-state index in [1.165, 1.54) is 11.8 Å². The molecule has 0 saturated carbocycles. The number of carbonyl (C=O) groups excluding carboxylic acids is 1. The lowest BCUT2D eigenvalue weighted by Gasteiger charge is -2.33. The van der Waals surface area contributed by atoms with Gasteiger partial charge in [-0.3, -0.25) is 19.1 Å². The van der Waals surface area contributed by atoms with Crippen LogP contribution < -0.4 is 19.9 Å². The standard InChI is InChI=1S/C30H36N4O4S2/c1-5-6-15-33-27(32-13-8-7-9-14-32)22(20(2)23(19-31)28(33)35)18-26-29(36)34(30(39)40-26)16-12-21-10-11-24(37-3)25(17-21)38-4/h10-11,17-18H,5-9,12-16H2,1-4H3. The largest absolute Gasteiger partial charge is 0.493 e. The van der Waals surface area contributed by atoms with Gasteiger partial charge in [-0.1, -0.05) is 43.4 Å². The van der Waals surface area contributed by atoms with Crippen LogP contribution in [0.5, 0.6) is 11.5 Å². The summed E-state index contributed by atoms with van der Waals surface area (Å²) in [5.41, 5.74) is 2.24. The molecule has 2 aliphatic heterocycles. The van der Waals surface area contributed by atoms with Crippen LogP contribution in [0.15, 0.2) is 27.9 Å². The number of methoxy groups -OCH3 is 2. The maximum Gasteiger partial charge on any atom is 0.270 e. The molecule has 1 amide bonds. The second-order valence-electron chi connectivity index (χ2n) is 9.98. The highest BCUT2D eigenvalue weighted by Gasteiger charge is 2.33. The molecule has 1 aromatic heterocycles. The van der Waals surface area contributed by atoms with Crippen molar-refractivity contribution < 1.29 is 14.3 Å². The number of amides is 1. The molecule has 40 heavy (non-hydrogen) atoms. The summed E-state index contributed by atoms with van der Waals surface area (Å²) in [6.45, 7) is 6.52. The van der Waals surface area contributed by atoms with Crippen molar-refractivity contribution in [2.24, 2.45) is 0 Å². The smallest absolute Gasteiger partial charge is 0.270 e. The molecule has 0 unspecified atom stereocenters. The molecule has 0 spiro atoms. The number of pyridine rings is 1. The predicted octanol–water partition coefficient (Wildman–Crippen LogP) is 5.28. The minimum absolute atomic E-state index is 0.132. The van der Waals surface area contributed by atoms with Gasteiger partial charge >= 0.3 is 0 Å². The number of thioether (sulfide) groups is 1. The Hall–Kier alpha value is -3.29. The molecule has 0 N–H and O–H groups in total. The molecule has 1 aromatic carbocycles. The van der Waals surface area contributed by atoms with Crippen LogP contribution in [0.3, 0.4) is 0 Å². The van der Waals surface area contributed by atoms with Crippen LogP contribution >= 0.6 is 24.0 Å². The van der Waals surface area contributed by atoms with E-state index >= 15 is 0 Å². The third-order valence-corrected chi connectivity index (χ3v) is 8.84. The van der Waals surface area contributed by atoms with E-state index in [1.807, 2.05) is 24.3 Å². The fourth-order valence-corrected chi connectivity index (χ4v) is 6.51. The van der Waals surface area contributed by atoms with Crippen molar-refractivity contribution >= 4 is 46.1 Å². The van der Waals surface area contributed by atoms with E-state index in [9.17, 15) is 14.9 Å². The van der Waals surface area contributed by atoms with E-state index in [2.05, 4.69) is 17.9 Å². The minimum atomic E-state index is -0.256. The Morgan fingerprint density at radius 2 is 1.82 bits per heavy atom. The summed E-state index contributed by atoms with van der Waals surface area (Å²) < 4.78 is 13.0. The number of hydrogen-bond donors (Lipinski definition) is 0. The van der Waals surface area contributed by atoms with Crippen molar-refractivity contribution in [1.82, 2.24) is 9.47 Å². The molecule has 4 rings (SSSR count). The second-order valence-corrected chi connectivity index (χ2v) is 11.7. The quantitative estimate of drug-likeness (QED) is 0.277.